The molecule has 0 spiro atoms. The normalized spacial score (nSPS) is 15.5. The number of hydrogen-bond donors (Lipinski definition) is 1. The maximum absolute atomic E-state index is 15.7. The van der Waals surface area contributed by atoms with Crippen LogP contribution in [0.3, 0.4) is 0 Å². The van der Waals surface area contributed by atoms with E-state index < -0.39 is 11.7 Å². The smallest absolute Gasteiger partial charge is 0.230 e. The van der Waals surface area contributed by atoms with Crippen molar-refractivity contribution in [2.45, 2.75) is 46.6 Å². The van der Waals surface area contributed by atoms with E-state index >= 15 is 4.39 Å². The van der Waals surface area contributed by atoms with Gasteiger partial charge in [0.1, 0.15) is 11.7 Å². The van der Waals surface area contributed by atoms with E-state index in [1.807, 2.05) is 19.1 Å². The maximum Gasteiger partial charge on any atom is 0.230 e. The lowest BCUT2D eigenvalue weighted by atomic mass is 9.79. The van der Waals surface area contributed by atoms with Gasteiger partial charge in [-0.1, -0.05) is 6.07 Å². The van der Waals surface area contributed by atoms with Gasteiger partial charge in [-0.3, -0.25) is 14.8 Å². The molecule has 176 valence electrons. The van der Waals surface area contributed by atoms with Crippen LogP contribution in [0, 0.1) is 42.3 Å². The number of nitriles is 2. The van der Waals surface area contributed by atoms with Crippen molar-refractivity contribution in [3.63, 3.8) is 0 Å². The van der Waals surface area contributed by atoms with Crippen LogP contribution in [-0.4, -0.2) is 28.7 Å². The van der Waals surface area contributed by atoms with Crippen molar-refractivity contribution in [1.29, 1.82) is 10.5 Å². The Morgan fingerprint density at radius 3 is 2.40 bits per heavy atom. The molecule has 35 heavy (non-hydrogen) atoms. The van der Waals surface area contributed by atoms with E-state index in [2.05, 4.69) is 27.4 Å². The molecule has 0 bridgehead atoms. The number of nitrogens with one attached hydrogen (secondary N) is 1. The number of nitrogens with zero attached hydrogens (tertiary/aromatic N) is 5. The van der Waals surface area contributed by atoms with Crippen molar-refractivity contribution < 1.29 is 9.18 Å². The Bertz CT molecular complexity index is 1380. The Morgan fingerprint density at radius 1 is 1.17 bits per heavy atom. The van der Waals surface area contributed by atoms with E-state index in [0.717, 1.165) is 11.3 Å². The van der Waals surface area contributed by atoms with E-state index in [4.69, 9.17) is 0 Å². The number of rotatable bonds is 3. The number of aliphatic imine (C=N–C) groups is 1. The second-order valence-corrected chi connectivity index (χ2v) is 8.84. The molecule has 0 atom stereocenters. The number of halogens is 1. The van der Waals surface area contributed by atoms with Gasteiger partial charge in [-0.2, -0.15) is 10.5 Å². The van der Waals surface area contributed by atoms with Gasteiger partial charge in [-0.15, -0.1) is 0 Å². The van der Waals surface area contributed by atoms with Gasteiger partial charge in [0.15, 0.2) is 0 Å². The summed E-state index contributed by atoms with van der Waals surface area (Å²) in [6.07, 6.45) is 1.79. The minimum Gasteiger partial charge on any atom is -0.350 e. The number of allylic oxidation sites excluding steroid dienone is 4. The first-order chi connectivity index (χ1) is 16.7. The van der Waals surface area contributed by atoms with E-state index in [9.17, 15) is 15.3 Å². The van der Waals surface area contributed by atoms with Crippen LogP contribution in [0.5, 0.6) is 0 Å². The topological polar surface area (TPSA) is 105 Å². The predicted octanol–water partition coefficient (Wildman–Crippen LogP) is 4.08. The monoisotopic (exact) mass is 468 g/mol. The number of carbonyl (C=O) groups excluding carboxylic acids is 1. The molecule has 2 aliphatic heterocycles. The first kappa shape index (κ1) is 23.8. The molecule has 0 aliphatic carbocycles. The summed E-state index contributed by atoms with van der Waals surface area (Å²) in [6, 6.07) is 9.69. The van der Waals surface area contributed by atoms with Gasteiger partial charge in [0.2, 0.25) is 5.91 Å². The summed E-state index contributed by atoms with van der Waals surface area (Å²) in [5.74, 6) is -1.19. The highest BCUT2D eigenvalue weighted by Crippen LogP contribution is 2.43. The number of aryl methyl sites for hydroxylation is 1. The summed E-state index contributed by atoms with van der Waals surface area (Å²) in [5, 5.41) is 22.7. The molecule has 1 N–H and O–H groups in total. The fourth-order valence-electron chi connectivity index (χ4n) is 4.57. The van der Waals surface area contributed by atoms with E-state index in [1.54, 1.807) is 45.0 Å². The Morgan fingerprint density at radius 2 is 1.83 bits per heavy atom. The molecule has 0 fully saturated rings. The number of pyridine rings is 1. The first-order valence-electron chi connectivity index (χ1n) is 11.2. The molecular formula is C27H25FN6O. The lowest BCUT2D eigenvalue weighted by Gasteiger charge is -2.33. The lowest BCUT2D eigenvalue weighted by molar-refractivity contribution is -0.119. The molecule has 8 heteroatoms. The highest BCUT2D eigenvalue weighted by Gasteiger charge is 2.36. The third-order valence-electron chi connectivity index (χ3n) is 6.82. The van der Waals surface area contributed by atoms with Crippen LogP contribution in [0.1, 0.15) is 53.3 Å². The molecule has 2 aliphatic rings. The van der Waals surface area contributed by atoms with E-state index in [-0.39, 0.29) is 24.4 Å². The summed E-state index contributed by atoms with van der Waals surface area (Å²) < 4.78 is 15.7. The number of amidine groups is 1. The molecular weight excluding hydrogens is 443 g/mol. The van der Waals surface area contributed by atoms with Crippen molar-refractivity contribution >= 4 is 11.7 Å². The van der Waals surface area contributed by atoms with Gasteiger partial charge in [-0.05, 0) is 56.5 Å². The summed E-state index contributed by atoms with van der Waals surface area (Å²) in [6.45, 7) is 7.35. The van der Waals surface area contributed by atoms with Crippen LogP contribution in [0.25, 0.3) is 0 Å². The lowest BCUT2D eigenvalue weighted by Crippen LogP contribution is -2.32. The van der Waals surface area contributed by atoms with Crippen molar-refractivity contribution in [1.82, 2.24) is 15.2 Å². The molecule has 4 rings (SSSR count). The predicted molar refractivity (Wildman–Crippen MR) is 129 cm³/mol. The third-order valence-corrected chi connectivity index (χ3v) is 6.82. The molecule has 0 saturated heterocycles. The minimum absolute atomic E-state index is 0.130. The number of carbonyl (C=O) groups is 1. The molecule has 1 amide bonds. The molecule has 3 heterocycles. The van der Waals surface area contributed by atoms with Gasteiger partial charge in [0.25, 0.3) is 0 Å². The van der Waals surface area contributed by atoms with Gasteiger partial charge in [0, 0.05) is 41.5 Å². The van der Waals surface area contributed by atoms with Gasteiger partial charge >= 0.3 is 0 Å². The quantitative estimate of drug-likeness (QED) is 0.731. The van der Waals surface area contributed by atoms with Crippen LogP contribution in [0.4, 0.5) is 4.39 Å². The van der Waals surface area contributed by atoms with Crippen LogP contribution in [-0.2, 0) is 17.8 Å². The van der Waals surface area contributed by atoms with Crippen molar-refractivity contribution in [2.24, 2.45) is 4.99 Å². The van der Waals surface area contributed by atoms with Gasteiger partial charge in [0.05, 0.1) is 42.2 Å². The van der Waals surface area contributed by atoms with Crippen molar-refractivity contribution in [3.05, 3.63) is 86.3 Å². The average Bonchev–Trinajstić information content (AvgIpc) is 3.23. The Balaban J connectivity index is 1.73. The fourth-order valence-corrected chi connectivity index (χ4v) is 4.57. The van der Waals surface area contributed by atoms with Crippen LogP contribution in [0.15, 0.2) is 51.9 Å². The zero-order chi connectivity index (χ0) is 25.4. The number of amides is 1. The maximum atomic E-state index is 15.7. The van der Waals surface area contributed by atoms with Crippen LogP contribution >= 0.6 is 0 Å². The molecule has 1 aromatic heterocycles. The van der Waals surface area contributed by atoms with Crippen molar-refractivity contribution in [3.8, 4) is 12.1 Å². The Hall–Kier alpha value is -4.30. The summed E-state index contributed by atoms with van der Waals surface area (Å²) in [7, 11) is 1.78. The minimum atomic E-state index is -0.832. The molecule has 1 aromatic carbocycles. The summed E-state index contributed by atoms with van der Waals surface area (Å²) in [5.41, 5.74) is 5.53. The van der Waals surface area contributed by atoms with E-state index in [0.29, 0.717) is 45.1 Å². The number of fused-ring (bicyclic) bond motifs is 1. The third kappa shape index (κ3) is 4.08. The van der Waals surface area contributed by atoms with E-state index in [1.165, 1.54) is 0 Å². The second kappa shape index (κ2) is 9.15. The molecule has 0 saturated carbocycles. The molecule has 0 radical (unpaired) electrons. The zero-order valence-corrected chi connectivity index (χ0v) is 20.3. The number of benzene rings is 1. The van der Waals surface area contributed by atoms with Crippen molar-refractivity contribution in [2.75, 3.05) is 7.05 Å². The largest absolute Gasteiger partial charge is 0.350 e. The highest BCUT2D eigenvalue weighted by molar-refractivity contribution is 6.10. The zero-order valence-electron chi connectivity index (χ0n) is 20.3. The fraction of sp³-hybridized carbons (Fsp3) is 0.296. The average molecular weight is 469 g/mol. The highest BCUT2D eigenvalue weighted by atomic mass is 19.1. The number of hydrogen-bond acceptors (Lipinski definition) is 6. The standard InChI is InChI=1S/C27H25FN6O/c1-14-6-7-18(12-31-14)8-24(35)33-27-19-9-20(26(28)15(2)23(19)13-32-27)25-21(10-29)16(3)34(5)17(4)22(25)11-30/h6-7,9,12,25H,8,13H2,1-5H3,(H,32,33,35). The molecule has 0 unspecified atom stereocenters. The SMILES string of the molecule is CC1=C(C#N)C(c2cc3c(c(C)c2F)CN=C3NC(=O)Cc2ccc(C)nc2)C(C#N)=C(C)N1C. The Labute approximate surface area is 203 Å². The summed E-state index contributed by atoms with van der Waals surface area (Å²) >= 11 is 0. The molecule has 2 aromatic rings. The molecule has 7 nitrogen and oxygen atoms in total. The number of aromatic nitrogens is 1. The van der Waals surface area contributed by atoms with Crippen LogP contribution < -0.4 is 5.32 Å². The first-order valence-corrected chi connectivity index (χ1v) is 11.2. The Kier molecular flexibility index (Phi) is 6.24. The van der Waals surface area contributed by atoms with Gasteiger partial charge < -0.3 is 10.2 Å². The van der Waals surface area contributed by atoms with Gasteiger partial charge in [-0.25, -0.2) is 4.39 Å². The van der Waals surface area contributed by atoms with Crippen LogP contribution in [0.2, 0.25) is 0 Å². The second-order valence-electron chi connectivity index (χ2n) is 8.84. The summed E-state index contributed by atoms with van der Waals surface area (Å²) in [4.78, 5) is 23.2.